The predicted octanol–water partition coefficient (Wildman–Crippen LogP) is 4.57. The van der Waals surface area contributed by atoms with Crippen LogP contribution in [0.15, 0.2) is 18.2 Å². The summed E-state index contributed by atoms with van der Waals surface area (Å²) < 4.78 is 13.5. The number of rotatable bonds is 2. The Labute approximate surface area is 120 Å². The average Bonchev–Trinajstić information content (AvgIpc) is 2.20. The second-order valence-electron chi connectivity index (χ2n) is 7.11. The maximum atomic E-state index is 13.5. The van der Waals surface area contributed by atoms with Crippen LogP contribution < -0.4 is 5.73 Å². The zero-order valence-corrected chi connectivity index (χ0v) is 12.7. The van der Waals surface area contributed by atoms with Crippen molar-refractivity contribution in [3.63, 3.8) is 0 Å². The molecule has 1 aliphatic rings. The third-order valence-electron chi connectivity index (χ3n) is 4.06. The first-order chi connectivity index (χ1) is 8.71. The Hall–Kier alpha value is -0.600. The van der Waals surface area contributed by atoms with E-state index in [4.69, 9.17) is 17.3 Å². The summed E-state index contributed by atoms with van der Waals surface area (Å²) in [4.78, 5) is 0. The molecule has 1 saturated carbocycles. The molecule has 1 aliphatic carbocycles. The maximum Gasteiger partial charge on any atom is 0.142 e. The summed E-state index contributed by atoms with van der Waals surface area (Å²) in [6.45, 7) is 6.77. The highest BCUT2D eigenvalue weighted by Crippen LogP contribution is 2.44. The number of nitrogens with two attached hydrogens (primary N) is 1. The summed E-state index contributed by atoms with van der Waals surface area (Å²) in [6, 6.07) is 4.98. The summed E-state index contributed by atoms with van der Waals surface area (Å²) in [6.07, 6.45) is 3.78. The molecule has 19 heavy (non-hydrogen) atoms. The average molecular weight is 284 g/mol. The molecule has 106 valence electrons. The molecule has 0 amide bonds. The molecule has 2 N–H and O–H groups in total. The van der Waals surface area contributed by atoms with Gasteiger partial charge in [-0.25, -0.2) is 4.39 Å². The summed E-state index contributed by atoms with van der Waals surface area (Å²) in [5, 5.41) is 0.225. The highest BCUT2D eigenvalue weighted by atomic mass is 35.5. The van der Waals surface area contributed by atoms with Gasteiger partial charge >= 0.3 is 0 Å². The van der Waals surface area contributed by atoms with E-state index < -0.39 is 0 Å². The third-order valence-corrected chi connectivity index (χ3v) is 4.48. The van der Waals surface area contributed by atoms with Gasteiger partial charge in [-0.2, -0.15) is 0 Å². The van der Waals surface area contributed by atoms with E-state index in [1.54, 1.807) is 6.07 Å². The lowest BCUT2D eigenvalue weighted by molar-refractivity contribution is 0.108. The van der Waals surface area contributed by atoms with Crippen LogP contribution in [0.25, 0.3) is 0 Å². The lowest BCUT2D eigenvalue weighted by Crippen LogP contribution is -2.50. The van der Waals surface area contributed by atoms with E-state index >= 15 is 0 Å². The molecule has 3 heteroatoms. The van der Waals surface area contributed by atoms with Gasteiger partial charge in [0.1, 0.15) is 5.82 Å². The first-order valence-electron chi connectivity index (χ1n) is 6.93. The fourth-order valence-corrected chi connectivity index (χ4v) is 4.20. The second kappa shape index (κ2) is 5.06. The second-order valence-corrected chi connectivity index (χ2v) is 7.48. The number of hydrogen-bond acceptors (Lipinski definition) is 1. The topological polar surface area (TPSA) is 26.0 Å². The van der Waals surface area contributed by atoms with Crippen molar-refractivity contribution in [3.8, 4) is 0 Å². The van der Waals surface area contributed by atoms with E-state index in [0.717, 1.165) is 18.4 Å². The van der Waals surface area contributed by atoms with Crippen LogP contribution in [0.2, 0.25) is 5.02 Å². The zero-order chi connectivity index (χ0) is 14.3. The van der Waals surface area contributed by atoms with E-state index in [-0.39, 0.29) is 21.8 Å². The molecule has 1 nitrogen and oxygen atoms in total. The van der Waals surface area contributed by atoms with Crippen LogP contribution in [-0.2, 0) is 6.42 Å². The van der Waals surface area contributed by atoms with Crippen LogP contribution in [0.5, 0.6) is 0 Å². The van der Waals surface area contributed by atoms with Gasteiger partial charge in [0, 0.05) is 5.54 Å². The fourth-order valence-electron chi connectivity index (χ4n) is 4.01. The van der Waals surface area contributed by atoms with Gasteiger partial charge in [0.2, 0.25) is 0 Å². The first-order valence-corrected chi connectivity index (χ1v) is 7.30. The van der Waals surface area contributed by atoms with Crippen molar-refractivity contribution in [1.82, 2.24) is 0 Å². The van der Waals surface area contributed by atoms with Crippen molar-refractivity contribution < 1.29 is 4.39 Å². The summed E-state index contributed by atoms with van der Waals surface area (Å²) >= 11 is 6.05. The lowest BCUT2D eigenvalue weighted by Gasteiger charge is -2.46. The SMILES string of the molecule is CC1CC(C)(C)CC(N)(Cc2cccc(F)c2Cl)C1. The number of halogens is 2. The van der Waals surface area contributed by atoms with E-state index in [1.807, 2.05) is 6.07 Å². The minimum absolute atomic E-state index is 0.225. The Morgan fingerprint density at radius 1 is 1.37 bits per heavy atom. The van der Waals surface area contributed by atoms with E-state index in [0.29, 0.717) is 12.3 Å². The Morgan fingerprint density at radius 2 is 2.05 bits per heavy atom. The lowest BCUT2D eigenvalue weighted by atomic mass is 9.63. The quantitative estimate of drug-likeness (QED) is 0.846. The number of hydrogen-bond donors (Lipinski definition) is 1. The molecule has 2 rings (SSSR count). The molecule has 0 saturated heterocycles. The normalized spacial score (nSPS) is 30.3. The van der Waals surface area contributed by atoms with Crippen molar-refractivity contribution in [1.29, 1.82) is 0 Å². The molecule has 0 radical (unpaired) electrons. The first kappa shape index (κ1) is 14.8. The van der Waals surface area contributed by atoms with Gasteiger partial charge in [0.25, 0.3) is 0 Å². The molecule has 0 bridgehead atoms. The van der Waals surface area contributed by atoms with Gasteiger partial charge in [-0.3, -0.25) is 0 Å². The van der Waals surface area contributed by atoms with Gasteiger partial charge in [-0.05, 0) is 48.6 Å². The van der Waals surface area contributed by atoms with Crippen LogP contribution in [0.4, 0.5) is 4.39 Å². The fraction of sp³-hybridized carbons (Fsp3) is 0.625. The minimum atomic E-state index is -0.356. The maximum absolute atomic E-state index is 13.5. The van der Waals surface area contributed by atoms with E-state index in [9.17, 15) is 4.39 Å². The number of benzene rings is 1. The standard InChI is InChI=1S/C16H23ClFN/c1-11-7-15(2,3)10-16(19,8-11)9-12-5-4-6-13(18)14(12)17/h4-6,11H,7-10,19H2,1-3H3. The molecule has 1 aromatic rings. The van der Waals surface area contributed by atoms with Crippen molar-refractivity contribution in [3.05, 3.63) is 34.6 Å². The monoisotopic (exact) mass is 283 g/mol. The van der Waals surface area contributed by atoms with Crippen molar-refractivity contribution in [2.75, 3.05) is 0 Å². The van der Waals surface area contributed by atoms with Crippen LogP contribution in [-0.4, -0.2) is 5.54 Å². The van der Waals surface area contributed by atoms with Crippen molar-refractivity contribution in [2.45, 2.75) is 52.0 Å². The minimum Gasteiger partial charge on any atom is -0.325 e. The van der Waals surface area contributed by atoms with Gasteiger partial charge in [0.05, 0.1) is 5.02 Å². The molecule has 0 heterocycles. The van der Waals surface area contributed by atoms with Gasteiger partial charge in [-0.1, -0.05) is 44.5 Å². The van der Waals surface area contributed by atoms with Gasteiger partial charge < -0.3 is 5.73 Å². The molecule has 0 spiro atoms. The smallest absolute Gasteiger partial charge is 0.142 e. The Kier molecular flexibility index (Phi) is 3.95. The Bertz CT molecular complexity index is 472. The summed E-state index contributed by atoms with van der Waals surface area (Å²) in [7, 11) is 0. The van der Waals surface area contributed by atoms with Crippen molar-refractivity contribution in [2.24, 2.45) is 17.1 Å². The van der Waals surface area contributed by atoms with Crippen LogP contribution in [0, 0.1) is 17.2 Å². The Morgan fingerprint density at radius 3 is 2.68 bits per heavy atom. The third kappa shape index (κ3) is 3.49. The largest absolute Gasteiger partial charge is 0.325 e. The molecular weight excluding hydrogens is 261 g/mol. The molecule has 2 atom stereocenters. The van der Waals surface area contributed by atoms with Gasteiger partial charge in [-0.15, -0.1) is 0 Å². The molecule has 2 unspecified atom stereocenters. The van der Waals surface area contributed by atoms with Crippen LogP contribution >= 0.6 is 11.6 Å². The highest BCUT2D eigenvalue weighted by molar-refractivity contribution is 6.31. The molecule has 0 aliphatic heterocycles. The molecule has 1 fully saturated rings. The van der Waals surface area contributed by atoms with E-state index in [1.165, 1.54) is 12.5 Å². The molecule has 1 aromatic carbocycles. The van der Waals surface area contributed by atoms with Gasteiger partial charge in [0.15, 0.2) is 0 Å². The highest BCUT2D eigenvalue weighted by Gasteiger charge is 2.40. The molecule has 0 aromatic heterocycles. The van der Waals surface area contributed by atoms with Crippen LogP contribution in [0.3, 0.4) is 0 Å². The summed E-state index contributed by atoms with van der Waals surface area (Å²) in [5.74, 6) is 0.243. The predicted molar refractivity (Wildman–Crippen MR) is 78.8 cm³/mol. The zero-order valence-electron chi connectivity index (χ0n) is 12.0. The van der Waals surface area contributed by atoms with E-state index in [2.05, 4.69) is 20.8 Å². The van der Waals surface area contributed by atoms with Crippen molar-refractivity contribution >= 4 is 11.6 Å². The summed E-state index contributed by atoms with van der Waals surface area (Å²) in [5.41, 5.74) is 7.39. The Balaban J connectivity index is 2.23. The van der Waals surface area contributed by atoms with Crippen LogP contribution in [0.1, 0.15) is 45.6 Å². The molecular formula is C16H23ClFN.